The van der Waals surface area contributed by atoms with E-state index in [1.807, 2.05) is 26.0 Å². The van der Waals surface area contributed by atoms with Crippen LogP contribution in [0.2, 0.25) is 4.34 Å². The number of hydrogen-bond acceptors (Lipinski definition) is 3. The molecule has 0 bridgehead atoms. The number of carbonyl (C=O) groups is 1. The van der Waals surface area contributed by atoms with Crippen LogP contribution in [-0.2, 0) is 11.3 Å². The summed E-state index contributed by atoms with van der Waals surface area (Å²) < 4.78 is 0.777. The first-order chi connectivity index (χ1) is 6.89. The molecule has 0 atom stereocenters. The van der Waals surface area contributed by atoms with Gasteiger partial charge in [0.25, 0.3) is 0 Å². The average molecular weight is 247 g/mol. The van der Waals surface area contributed by atoms with Crippen LogP contribution in [0.15, 0.2) is 12.1 Å². The molecule has 3 N–H and O–H groups in total. The summed E-state index contributed by atoms with van der Waals surface area (Å²) in [6.45, 7) is 4.61. The largest absolute Gasteiger partial charge is 0.370 e. The molecule has 0 fully saturated rings. The highest BCUT2D eigenvalue weighted by molar-refractivity contribution is 7.16. The quantitative estimate of drug-likeness (QED) is 0.837. The molecule has 1 amide bonds. The molecule has 3 nitrogen and oxygen atoms in total. The third-order valence-electron chi connectivity index (χ3n) is 1.99. The van der Waals surface area contributed by atoms with E-state index < -0.39 is 0 Å². The minimum absolute atomic E-state index is 0.275. The van der Waals surface area contributed by atoms with E-state index in [1.54, 1.807) is 0 Å². The summed E-state index contributed by atoms with van der Waals surface area (Å²) in [5, 5.41) is 3.27. The lowest BCUT2D eigenvalue weighted by molar-refractivity contribution is -0.119. The first-order valence-electron chi connectivity index (χ1n) is 4.66. The van der Waals surface area contributed by atoms with Gasteiger partial charge in [0.05, 0.1) is 4.34 Å². The first-order valence-corrected chi connectivity index (χ1v) is 5.86. The van der Waals surface area contributed by atoms with Crippen molar-refractivity contribution in [2.75, 3.05) is 0 Å². The monoisotopic (exact) mass is 246 g/mol. The summed E-state index contributed by atoms with van der Waals surface area (Å²) in [6.07, 6.45) is 0.326. The predicted octanol–water partition coefficient (Wildman–Crippen LogP) is 2.15. The number of thiophene rings is 1. The molecule has 0 saturated carbocycles. The van der Waals surface area contributed by atoms with Gasteiger partial charge >= 0.3 is 0 Å². The van der Waals surface area contributed by atoms with Gasteiger partial charge in [-0.1, -0.05) is 11.6 Å². The third-order valence-corrected chi connectivity index (χ3v) is 3.22. The Morgan fingerprint density at radius 3 is 2.73 bits per heavy atom. The maximum absolute atomic E-state index is 10.8. The molecule has 1 aromatic heterocycles. The zero-order valence-electron chi connectivity index (χ0n) is 8.84. The van der Waals surface area contributed by atoms with E-state index in [9.17, 15) is 4.79 Å². The van der Waals surface area contributed by atoms with Gasteiger partial charge in [0.2, 0.25) is 5.91 Å². The van der Waals surface area contributed by atoms with Crippen LogP contribution in [0.4, 0.5) is 0 Å². The maximum Gasteiger partial charge on any atom is 0.219 e. The summed E-state index contributed by atoms with van der Waals surface area (Å²) in [6, 6.07) is 3.84. The summed E-state index contributed by atoms with van der Waals surface area (Å²) in [5.74, 6) is -0.295. The van der Waals surface area contributed by atoms with E-state index in [0.717, 1.165) is 9.21 Å². The topological polar surface area (TPSA) is 55.1 Å². The number of nitrogens with one attached hydrogen (secondary N) is 1. The van der Waals surface area contributed by atoms with E-state index in [2.05, 4.69) is 5.32 Å². The van der Waals surface area contributed by atoms with Crippen LogP contribution in [0.5, 0.6) is 0 Å². The smallest absolute Gasteiger partial charge is 0.219 e. The summed E-state index contributed by atoms with van der Waals surface area (Å²) in [4.78, 5) is 11.9. The first kappa shape index (κ1) is 12.5. The van der Waals surface area contributed by atoms with Crippen molar-refractivity contribution >= 4 is 28.8 Å². The third kappa shape index (κ3) is 4.64. The Morgan fingerprint density at radius 1 is 1.60 bits per heavy atom. The van der Waals surface area contributed by atoms with Gasteiger partial charge in [0.15, 0.2) is 0 Å². The van der Waals surface area contributed by atoms with Gasteiger partial charge in [-0.15, -0.1) is 11.3 Å². The van der Waals surface area contributed by atoms with E-state index >= 15 is 0 Å². The van der Waals surface area contributed by atoms with Gasteiger partial charge in [-0.05, 0) is 26.0 Å². The zero-order valence-corrected chi connectivity index (χ0v) is 10.4. The van der Waals surface area contributed by atoms with E-state index in [4.69, 9.17) is 17.3 Å². The highest BCUT2D eigenvalue weighted by Gasteiger charge is 2.19. The molecule has 0 aliphatic rings. The van der Waals surface area contributed by atoms with Crippen LogP contribution in [0.3, 0.4) is 0 Å². The minimum atomic E-state index is -0.295. The summed E-state index contributed by atoms with van der Waals surface area (Å²) in [7, 11) is 0. The van der Waals surface area contributed by atoms with Crippen molar-refractivity contribution in [1.29, 1.82) is 0 Å². The van der Waals surface area contributed by atoms with Gasteiger partial charge in [0, 0.05) is 23.4 Å². The Kier molecular flexibility index (Phi) is 4.13. The van der Waals surface area contributed by atoms with E-state index in [0.29, 0.717) is 13.0 Å². The molecule has 1 aromatic rings. The molecule has 15 heavy (non-hydrogen) atoms. The Labute approximate surface area is 98.6 Å². The Bertz CT molecular complexity index is 349. The summed E-state index contributed by atoms with van der Waals surface area (Å²) in [5.41, 5.74) is 4.88. The highest BCUT2D eigenvalue weighted by Crippen LogP contribution is 2.22. The van der Waals surface area contributed by atoms with Crippen LogP contribution in [0.25, 0.3) is 0 Å². The molecule has 0 aromatic carbocycles. The van der Waals surface area contributed by atoms with Crippen LogP contribution in [-0.4, -0.2) is 11.4 Å². The molecule has 0 aliphatic heterocycles. The number of halogens is 1. The van der Waals surface area contributed by atoms with Gasteiger partial charge < -0.3 is 11.1 Å². The SMILES string of the molecule is CC(C)(CC(N)=O)NCc1ccc(Cl)s1. The van der Waals surface area contributed by atoms with Gasteiger partial charge in [0.1, 0.15) is 0 Å². The number of amides is 1. The molecule has 1 rings (SSSR count). The normalized spacial score (nSPS) is 11.7. The Morgan fingerprint density at radius 2 is 2.27 bits per heavy atom. The van der Waals surface area contributed by atoms with Crippen LogP contribution < -0.4 is 11.1 Å². The predicted molar refractivity (Wildman–Crippen MR) is 64.1 cm³/mol. The highest BCUT2D eigenvalue weighted by atomic mass is 35.5. The second-order valence-electron chi connectivity index (χ2n) is 4.09. The van der Waals surface area contributed by atoms with Gasteiger partial charge in [-0.2, -0.15) is 0 Å². The Hall–Kier alpha value is -0.580. The van der Waals surface area contributed by atoms with Crippen molar-refractivity contribution in [2.45, 2.75) is 32.4 Å². The number of hydrogen-bond donors (Lipinski definition) is 2. The van der Waals surface area contributed by atoms with Crippen molar-refractivity contribution in [1.82, 2.24) is 5.32 Å². The molecule has 0 saturated heterocycles. The van der Waals surface area contributed by atoms with Gasteiger partial charge in [-0.3, -0.25) is 4.79 Å². The van der Waals surface area contributed by atoms with E-state index in [1.165, 1.54) is 11.3 Å². The lowest BCUT2D eigenvalue weighted by atomic mass is 10.0. The lowest BCUT2D eigenvalue weighted by Crippen LogP contribution is -2.42. The van der Waals surface area contributed by atoms with Crippen molar-refractivity contribution < 1.29 is 4.79 Å². The van der Waals surface area contributed by atoms with Crippen LogP contribution >= 0.6 is 22.9 Å². The second kappa shape index (κ2) is 4.96. The number of rotatable bonds is 5. The fraction of sp³-hybridized carbons (Fsp3) is 0.500. The van der Waals surface area contributed by atoms with Crippen molar-refractivity contribution in [3.63, 3.8) is 0 Å². The number of nitrogens with two attached hydrogens (primary N) is 1. The second-order valence-corrected chi connectivity index (χ2v) is 5.89. The molecule has 0 spiro atoms. The molecular weight excluding hydrogens is 232 g/mol. The maximum atomic E-state index is 10.8. The zero-order chi connectivity index (χ0) is 11.5. The molecule has 84 valence electrons. The van der Waals surface area contributed by atoms with E-state index in [-0.39, 0.29) is 11.4 Å². The molecular formula is C10H15ClN2OS. The number of primary amides is 1. The molecule has 0 radical (unpaired) electrons. The van der Waals surface area contributed by atoms with Crippen molar-refractivity contribution in [3.8, 4) is 0 Å². The molecule has 0 aliphatic carbocycles. The molecule has 5 heteroatoms. The average Bonchev–Trinajstić information content (AvgIpc) is 2.46. The number of carbonyl (C=O) groups excluding carboxylic acids is 1. The molecule has 0 unspecified atom stereocenters. The van der Waals surface area contributed by atoms with Crippen LogP contribution in [0, 0.1) is 0 Å². The fourth-order valence-corrected chi connectivity index (χ4v) is 2.30. The fourth-order valence-electron chi connectivity index (χ4n) is 1.27. The van der Waals surface area contributed by atoms with Crippen molar-refractivity contribution in [3.05, 3.63) is 21.3 Å². The molecule has 1 heterocycles. The summed E-state index contributed by atoms with van der Waals surface area (Å²) >= 11 is 7.35. The standard InChI is InChI=1S/C10H15ClN2OS/c1-10(2,5-9(12)14)13-6-7-3-4-8(11)15-7/h3-4,13H,5-6H2,1-2H3,(H2,12,14). The minimum Gasteiger partial charge on any atom is -0.370 e. The van der Waals surface area contributed by atoms with Crippen LogP contribution in [0.1, 0.15) is 25.1 Å². The van der Waals surface area contributed by atoms with Crippen molar-refractivity contribution in [2.24, 2.45) is 5.73 Å². The lowest BCUT2D eigenvalue weighted by Gasteiger charge is -2.24. The Balaban J connectivity index is 2.45. The van der Waals surface area contributed by atoms with Gasteiger partial charge in [-0.25, -0.2) is 0 Å².